The van der Waals surface area contributed by atoms with Gasteiger partial charge in [0, 0.05) is 17.0 Å². The first-order valence-corrected chi connectivity index (χ1v) is 6.58. The molecule has 5 heteroatoms. The van der Waals surface area contributed by atoms with Crippen LogP contribution in [0.2, 0.25) is 0 Å². The Labute approximate surface area is 122 Å². The molecular formula is C16H17NO4. The van der Waals surface area contributed by atoms with E-state index in [4.69, 9.17) is 0 Å². The normalized spacial score (nSPS) is 10.7. The Bertz CT molecular complexity index is 707. The van der Waals surface area contributed by atoms with Gasteiger partial charge in [0.1, 0.15) is 5.75 Å². The molecule has 0 aliphatic heterocycles. The lowest BCUT2D eigenvalue weighted by Crippen LogP contribution is -2.29. The molecule has 0 heterocycles. The lowest BCUT2D eigenvalue weighted by atomic mass is 10.0. The highest BCUT2D eigenvalue weighted by molar-refractivity contribution is 6.02. The number of benzene rings is 2. The third kappa shape index (κ3) is 3.13. The van der Waals surface area contributed by atoms with Crippen molar-refractivity contribution in [3.8, 4) is 5.75 Å². The zero-order valence-electron chi connectivity index (χ0n) is 12.1. The third-order valence-electron chi connectivity index (χ3n) is 3.04. The summed E-state index contributed by atoms with van der Waals surface area (Å²) >= 11 is 0. The Morgan fingerprint density at radius 3 is 2.48 bits per heavy atom. The average molecular weight is 287 g/mol. The second-order valence-corrected chi connectivity index (χ2v) is 5.05. The van der Waals surface area contributed by atoms with Crippen molar-refractivity contribution in [1.29, 1.82) is 0 Å². The molecule has 0 saturated carbocycles. The molecule has 0 spiro atoms. The van der Waals surface area contributed by atoms with E-state index in [1.165, 1.54) is 13.2 Å². The first kappa shape index (κ1) is 14.8. The van der Waals surface area contributed by atoms with Crippen molar-refractivity contribution in [2.24, 2.45) is 0 Å². The Kier molecular flexibility index (Phi) is 4.12. The van der Waals surface area contributed by atoms with Crippen molar-refractivity contribution in [1.82, 2.24) is 5.32 Å². The molecule has 0 aromatic heterocycles. The number of phenolic OH excluding ortho intramolecular Hbond substituents is 1. The standard InChI is InChI=1S/C16H17NO4/c1-9(2)17-15(19)11-5-4-10-6-12(16(20)21-3)8-14(18)13(10)7-11/h4-9,18H,1-3H3,(H,17,19). The molecule has 2 aromatic carbocycles. The summed E-state index contributed by atoms with van der Waals surface area (Å²) in [5.41, 5.74) is 0.721. The molecule has 0 aliphatic rings. The number of fused-ring (bicyclic) bond motifs is 1. The van der Waals surface area contributed by atoms with Gasteiger partial charge in [-0.3, -0.25) is 4.79 Å². The summed E-state index contributed by atoms with van der Waals surface area (Å²) in [6, 6.07) is 7.92. The molecule has 0 saturated heterocycles. The van der Waals surface area contributed by atoms with E-state index in [0.717, 1.165) is 0 Å². The monoisotopic (exact) mass is 287 g/mol. The molecular weight excluding hydrogens is 270 g/mol. The second kappa shape index (κ2) is 5.83. The first-order chi connectivity index (χ1) is 9.92. The minimum absolute atomic E-state index is 0.0310. The molecule has 0 unspecified atom stereocenters. The van der Waals surface area contributed by atoms with Gasteiger partial charge in [0.15, 0.2) is 0 Å². The fourth-order valence-electron chi connectivity index (χ4n) is 2.06. The maximum atomic E-state index is 12.0. The van der Waals surface area contributed by atoms with Gasteiger partial charge in [0.05, 0.1) is 12.7 Å². The van der Waals surface area contributed by atoms with Crippen LogP contribution in [0.4, 0.5) is 0 Å². The number of esters is 1. The van der Waals surface area contributed by atoms with Crippen molar-refractivity contribution in [3.63, 3.8) is 0 Å². The van der Waals surface area contributed by atoms with Crippen molar-refractivity contribution in [3.05, 3.63) is 41.5 Å². The molecule has 5 nitrogen and oxygen atoms in total. The maximum Gasteiger partial charge on any atom is 0.338 e. The van der Waals surface area contributed by atoms with Crippen LogP contribution in [0.5, 0.6) is 5.75 Å². The number of amides is 1. The quantitative estimate of drug-likeness (QED) is 0.850. The van der Waals surface area contributed by atoms with Crippen LogP contribution in [0.25, 0.3) is 10.8 Å². The van der Waals surface area contributed by atoms with Crippen LogP contribution in [0.1, 0.15) is 34.6 Å². The van der Waals surface area contributed by atoms with E-state index in [0.29, 0.717) is 16.3 Å². The van der Waals surface area contributed by atoms with Crippen LogP contribution in [-0.2, 0) is 4.74 Å². The van der Waals surface area contributed by atoms with Crippen molar-refractivity contribution < 1.29 is 19.4 Å². The largest absolute Gasteiger partial charge is 0.507 e. The van der Waals surface area contributed by atoms with E-state index in [-0.39, 0.29) is 23.3 Å². The summed E-state index contributed by atoms with van der Waals surface area (Å²) in [5, 5.41) is 14.0. The van der Waals surface area contributed by atoms with Gasteiger partial charge in [-0.25, -0.2) is 4.79 Å². The van der Waals surface area contributed by atoms with Gasteiger partial charge < -0.3 is 15.2 Å². The van der Waals surface area contributed by atoms with Crippen molar-refractivity contribution >= 4 is 22.6 Å². The van der Waals surface area contributed by atoms with Crippen molar-refractivity contribution in [2.75, 3.05) is 7.11 Å². The van der Waals surface area contributed by atoms with Gasteiger partial charge in [-0.15, -0.1) is 0 Å². The second-order valence-electron chi connectivity index (χ2n) is 5.05. The Morgan fingerprint density at radius 1 is 1.14 bits per heavy atom. The maximum absolute atomic E-state index is 12.0. The Morgan fingerprint density at radius 2 is 1.86 bits per heavy atom. The number of carbonyl (C=O) groups is 2. The molecule has 2 aromatic rings. The number of nitrogens with one attached hydrogen (secondary N) is 1. The van der Waals surface area contributed by atoms with Crippen LogP contribution < -0.4 is 5.32 Å². The topological polar surface area (TPSA) is 75.6 Å². The molecule has 0 radical (unpaired) electrons. The molecule has 0 aliphatic carbocycles. The highest BCUT2D eigenvalue weighted by Gasteiger charge is 2.13. The number of hydrogen-bond acceptors (Lipinski definition) is 4. The van der Waals surface area contributed by atoms with E-state index in [1.807, 2.05) is 13.8 Å². The zero-order valence-corrected chi connectivity index (χ0v) is 12.1. The molecule has 0 fully saturated rings. The van der Waals surface area contributed by atoms with Gasteiger partial charge in [-0.2, -0.15) is 0 Å². The SMILES string of the molecule is COC(=O)c1cc(O)c2cc(C(=O)NC(C)C)ccc2c1. The van der Waals surface area contributed by atoms with Crippen LogP contribution in [0.15, 0.2) is 30.3 Å². The summed E-state index contributed by atoms with van der Waals surface area (Å²) in [4.78, 5) is 23.5. The molecule has 1 amide bonds. The fourth-order valence-corrected chi connectivity index (χ4v) is 2.06. The van der Waals surface area contributed by atoms with Crippen LogP contribution in [0.3, 0.4) is 0 Å². The van der Waals surface area contributed by atoms with E-state index < -0.39 is 5.97 Å². The molecule has 21 heavy (non-hydrogen) atoms. The van der Waals surface area contributed by atoms with Gasteiger partial charge in [0.25, 0.3) is 5.91 Å². The number of rotatable bonds is 3. The van der Waals surface area contributed by atoms with Crippen LogP contribution in [0, 0.1) is 0 Å². The zero-order chi connectivity index (χ0) is 15.6. The number of phenols is 1. The summed E-state index contributed by atoms with van der Waals surface area (Å²) in [5.74, 6) is -0.788. The highest BCUT2D eigenvalue weighted by Crippen LogP contribution is 2.28. The van der Waals surface area contributed by atoms with Gasteiger partial charge in [-0.1, -0.05) is 6.07 Å². The summed E-state index contributed by atoms with van der Waals surface area (Å²) in [7, 11) is 1.28. The predicted molar refractivity (Wildman–Crippen MR) is 79.6 cm³/mol. The van der Waals surface area contributed by atoms with E-state index in [9.17, 15) is 14.7 Å². The average Bonchev–Trinajstić information content (AvgIpc) is 2.45. The Balaban J connectivity index is 2.47. The van der Waals surface area contributed by atoms with Crippen molar-refractivity contribution in [2.45, 2.75) is 19.9 Å². The number of hydrogen-bond donors (Lipinski definition) is 2. The van der Waals surface area contributed by atoms with E-state index in [2.05, 4.69) is 10.1 Å². The van der Waals surface area contributed by atoms with Gasteiger partial charge in [0.2, 0.25) is 0 Å². The summed E-state index contributed by atoms with van der Waals surface area (Å²) in [6.07, 6.45) is 0. The smallest absolute Gasteiger partial charge is 0.338 e. The third-order valence-corrected chi connectivity index (χ3v) is 3.04. The molecule has 2 N–H and O–H groups in total. The summed E-state index contributed by atoms with van der Waals surface area (Å²) < 4.78 is 4.63. The van der Waals surface area contributed by atoms with Gasteiger partial charge in [-0.05, 0) is 43.5 Å². The lowest BCUT2D eigenvalue weighted by molar-refractivity contribution is 0.0600. The highest BCUT2D eigenvalue weighted by atomic mass is 16.5. The molecule has 110 valence electrons. The molecule has 0 bridgehead atoms. The lowest BCUT2D eigenvalue weighted by Gasteiger charge is -2.10. The predicted octanol–water partition coefficient (Wildman–Crippen LogP) is 2.47. The molecule has 2 rings (SSSR count). The van der Waals surface area contributed by atoms with E-state index in [1.54, 1.807) is 24.3 Å². The minimum atomic E-state index is -0.520. The fraction of sp³-hybridized carbons (Fsp3) is 0.250. The van der Waals surface area contributed by atoms with Crippen LogP contribution >= 0.6 is 0 Å². The Hall–Kier alpha value is -2.56. The number of ether oxygens (including phenoxy) is 1. The van der Waals surface area contributed by atoms with E-state index >= 15 is 0 Å². The first-order valence-electron chi connectivity index (χ1n) is 6.58. The summed E-state index contributed by atoms with van der Waals surface area (Å²) in [6.45, 7) is 3.75. The number of carbonyl (C=O) groups excluding carboxylic acids is 2. The molecule has 0 atom stereocenters. The van der Waals surface area contributed by atoms with Crippen LogP contribution in [-0.4, -0.2) is 30.1 Å². The number of aromatic hydroxyl groups is 1. The number of methoxy groups -OCH3 is 1. The minimum Gasteiger partial charge on any atom is -0.507 e. The van der Waals surface area contributed by atoms with Gasteiger partial charge >= 0.3 is 5.97 Å².